The standard InChI is InChI=1S/C20H22N2O4/c23-20(26-15-16-4-2-1-3-5-16)22-10-8-21(9-11-22)17-6-7-18-19(14-17)25-13-12-24-18/h1-7,14H,8-13,15H2. The summed E-state index contributed by atoms with van der Waals surface area (Å²) in [6.45, 7) is 4.29. The van der Waals surface area contributed by atoms with Gasteiger partial charge < -0.3 is 24.0 Å². The molecule has 0 saturated carbocycles. The maximum absolute atomic E-state index is 12.3. The van der Waals surface area contributed by atoms with Crippen molar-refractivity contribution >= 4 is 11.8 Å². The minimum Gasteiger partial charge on any atom is -0.486 e. The van der Waals surface area contributed by atoms with E-state index < -0.39 is 0 Å². The van der Waals surface area contributed by atoms with Crippen LogP contribution in [0.25, 0.3) is 0 Å². The molecule has 1 amide bonds. The molecule has 136 valence electrons. The summed E-state index contributed by atoms with van der Waals surface area (Å²) in [4.78, 5) is 16.3. The van der Waals surface area contributed by atoms with Gasteiger partial charge in [-0.2, -0.15) is 0 Å². The van der Waals surface area contributed by atoms with Crippen LogP contribution >= 0.6 is 0 Å². The normalized spacial score (nSPS) is 16.3. The van der Waals surface area contributed by atoms with Gasteiger partial charge in [0.25, 0.3) is 0 Å². The van der Waals surface area contributed by atoms with E-state index in [-0.39, 0.29) is 6.09 Å². The van der Waals surface area contributed by atoms with E-state index in [2.05, 4.69) is 4.90 Å². The number of nitrogens with zero attached hydrogens (tertiary/aromatic N) is 2. The molecule has 2 heterocycles. The predicted octanol–water partition coefficient (Wildman–Crippen LogP) is 2.92. The lowest BCUT2D eigenvalue weighted by atomic mass is 10.2. The van der Waals surface area contributed by atoms with Gasteiger partial charge in [-0.25, -0.2) is 4.79 Å². The first-order chi connectivity index (χ1) is 12.8. The molecule has 0 spiro atoms. The highest BCUT2D eigenvalue weighted by atomic mass is 16.6. The third-order valence-electron chi connectivity index (χ3n) is 4.63. The van der Waals surface area contributed by atoms with Crippen molar-refractivity contribution in [2.24, 2.45) is 0 Å². The number of fused-ring (bicyclic) bond motifs is 1. The summed E-state index contributed by atoms with van der Waals surface area (Å²) >= 11 is 0. The fourth-order valence-corrected chi connectivity index (χ4v) is 3.19. The second kappa shape index (κ2) is 7.56. The number of carbonyl (C=O) groups excluding carboxylic acids is 1. The molecule has 4 rings (SSSR count). The van der Waals surface area contributed by atoms with Gasteiger partial charge in [0.05, 0.1) is 0 Å². The van der Waals surface area contributed by atoms with Crippen LogP contribution in [-0.2, 0) is 11.3 Å². The van der Waals surface area contributed by atoms with Crippen LogP contribution in [-0.4, -0.2) is 50.4 Å². The fourth-order valence-electron chi connectivity index (χ4n) is 3.19. The van der Waals surface area contributed by atoms with Crippen LogP contribution in [0.15, 0.2) is 48.5 Å². The van der Waals surface area contributed by atoms with Crippen molar-refractivity contribution in [1.82, 2.24) is 4.90 Å². The molecule has 0 bridgehead atoms. The summed E-state index contributed by atoms with van der Waals surface area (Å²) in [6.07, 6.45) is -0.254. The van der Waals surface area contributed by atoms with Gasteiger partial charge >= 0.3 is 6.09 Å². The number of carbonyl (C=O) groups is 1. The first-order valence-electron chi connectivity index (χ1n) is 8.90. The van der Waals surface area contributed by atoms with E-state index in [0.29, 0.717) is 32.9 Å². The molecule has 0 unspecified atom stereocenters. The van der Waals surface area contributed by atoms with Gasteiger partial charge in [0.2, 0.25) is 0 Å². The number of piperazine rings is 1. The van der Waals surface area contributed by atoms with Crippen LogP contribution in [0.3, 0.4) is 0 Å². The number of benzene rings is 2. The second-order valence-corrected chi connectivity index (χ2v) is 6.34. The Kier molecular flexibility index (Phi) is 4.82. The molecule has 6 heteroatoms. The Hall–Kier alpha value is -2.89. The molecule has 0 atom stereocenters. The maximum Gasteiger partial charge on any atom is 0.410 e. The lowest BCUT2D eigenvalue weighted by Crippen LogP contribution is -2.48. The minimum atomic E-state index is -0.254. The van der Waals surface area contributed by atoms with Crippen LogP contribution in [0, 0.1) is 0 Å². The van der Waals surface area contributed by atoms with E-state index in [1.165, 1.54) is 0 Å². The smallest absolute Gasteiger partial charge is 0.410 e. The molecule has 2 aliphatic heterocycles. The molecule has 2 aromatic rings. The number of ether oxygens (including phenoxy) is 3. The minimum absolute atomic E-state index is 0.254. The van der Waals surface area contributed by atoms with Gasteiger partial charge in [-0.1, -0.05) is 30.3 Å². The SMILES string of the molecule is O=C(OCc1ccccc1)N1CCN(c2ccc3c(c2)OCCO3)CC1. The van der Waals surface area contributed by atoms with Gasteiger partial charge in [-0.05, 0) is 17.7 Å². The summed E-state index contributed by atoms with van der Waals surface area (Å²) in [5.74, 6) is 1.58. The Morgan fingerprint density at radius 3 is 2.42 bits per heavy atom. The first-order valence-corrected chi connectivity index (χ1v) is 8.90. The summed E-state index contributed by atoms with van der Waals surface area (Å²) < 4.78 is 16.6. The Bertz CT molecular complexity index is 758. The topological polar surface area (TPSA) is 51.2 Å². The van der Waals surface area contributed by atoms with E-state index in [9.17, 15) is 4.79 Å². The van der Waals surface area contributed by atoms with Gasteiger partial charge in [0, 0.05) is 37.9 Å². The summed E-state index contributed by atoms with van der Waals surface area (Å²) in [7, 11) is 0. The number of hydrogen-bond acceptors (Lipinski definition) is 5. The van der Waals surface area contributed by atoms with E-state index in [4.69, 9.17) is 14.2 Å². The molecule has 0 N–H and O–H groups in total. The van der Waals surface area contributed by atoms with E-state index in [1.807, 2.05) is 48.5 Å². The Morgan fingerprint density at radius 1 is 0.923 bits per heavy atom. The lowest BCUT2D eigenvalue weighted by molar-refractivity contribution is 0.0942. The fraction of sp³-hybridized carbons (Fsp3) is 0.350. The van der Waals surface area contributed by atoms with Crippen molar-refractivity contribution in [3.63, 3.8) is 0 Å². The van der Waals surface area contributed by atoms with Crippen molar-refractivity contribution in [3.05, 3.63) is 54.1 Å². The molecule has 0 aromatic heterocycles. The summed E-state index contributed by atoms with van der Waals surface area (Å²) in [5, 5.41) is 0. The average molecular weight is 354 g/mol. The van der Waals surface area contributed by atoms with E-state index in [1.54, 1.807) is 4.90 Å². The molecular formula is C20H22N2O4. The summed E-state index contributed by atoms with van der Waals surface area (Å²) in [5.41, 5.74) is 2.09. The summed E-state index contributed by atoms with van der Waals surface area (Å²) in [6, 6.07) is 15.7. The first kappa shape index (κ1) is 16.6. The Labute approximate surface area is 152 Å². The predicted molar refractivity (Wildman–Crippen MR) is 97.8 cm³/mol. The molecular weight excluding hydrogens is 332 g/mol. The van der Waals surface area contributed by atoms with Crippen molar-refractivity contribution in [2.45, 2.75) is 6.61 Å². The van der Waals surface area contributed by atoms with Crippen molar-refractivity contribution < 1.29 is 19.0 Å². The second-order valence-electron chi connectivity index (χ2n) is 6.34. The number of hydrogen-bond donors (Lipinski definition) is 0. The lowest BCUT2D eigenvalue weighted by Gasteiger charge is -2.35. The zero-order valence-electron chi connectivity index (χ0n) is 14.6. The zero-order valence-corrected chi connectivity index (χ0v) is 14.6. The molecule has 1 saturated heterocycles. The quantitative estimate of drug-likeness (QED) is 0.848. The highest BCUT2D eigenvalue weighted by Crippen LogP contribution is 2.34. The molecule has 2 aromatic carbocycles. The molecule has 1 fully saturated rings. The highest BCUT2D eigenvalue weighted by Gasteiger charge is 2.23. The molecule has 6 nitrogen and oxygen atoms in total. The van der Waals surface area contributed by atoms with E-state index in [0.717, 1.165) is 35.8 Å². The molecule has 0 radical (unpaired) electrons. The van der Waals surface area contributed by atoms with Crippen molar-refractivity contribution in [1.29, 1.82) is 0 Å². The molecule has 2 aliphatic rings. The van der Waals surface area contributed by atoms with Gasteiger partial charge in [0.15, 0.2) is 11.5 Å². The number of anilines is 1. The van der Waals surface area contributed by atoms with Crippen molar-refractivity contribution in [3.8, 4) is 11.5 Å². The average Bonchev–Trinajstić information content (AvgIpc) is 2.72. The number of rotatable bonds is 3. The zero-order chi connectivity index (χ0) is 17.8. The van der Waals surface area contributed by atoms with Crippen LogP contribution in [0.5, 0.6) is 11.5 Å². The van der Waals surface area contributed by atoms with Crippen LogP contribution < -0.4 is 14.4 Å². The number of amides is 1. The van der Waals surface area contributed by atoms with Crippen LogP contribution in [0.1, 0.15) is 5.56 Å². The Balaban J connectivity index is 1.30. The third-order valence-corrected chi connectivity index (χ3v) is 4.63. The Morgan fingerprint density at radius 2 is 1.65 bits per heavy atom. The van der Waals surface area contributed by atoms with E-state index >= 15 is 0 Å². The highest BCUT2D eigenvalue weighted by molar-refractivity contribution is 5.68. The third kappa shape index (κ3) is 3.69. The molecule has 26 heavy (non-hydrogen) atoms. The van der Waals surface area contributed by atoms with Crippen LogP contribution in [0.4, 0.5) is 10.5 Å². The monoisotopic (exact) mass is 354 g/mol. The van der Waals surface area contributed by atoms with Crippen molar-refractivity contribution in [2.75, 3.05) is 44.3 Å². The van der Waals surface area contributed by atoms with Gasteiger partial charge in [0.1, 0.15) is 19.8 Å². The largest absolute Gasteiger partial charge is 0.486 e. The van der Waals surface area contributed by atoms with Gasteiger partial charge in [-0.15, -0.1) is 0 Å². The maximum atomic E-state index is 12.3. The van der Waals surface area contributed by atoms with Crippen LogP contribution in [0.2, 0.25) is 0 Å². The van der Waals surface area contributed by atoms with Gasteiger partial charge in [-0.3, -0.25) is 0 Å². The molecule has 0 aliphatic carbocycles.